The molecule has 0 amide bonds. The van der Waals surface area contributed by atoms with E-state index in [0.717, 1.165) is 22.4 Å². The smallest absolute Gasteiger partial charge is 0.213 e. The Balaban J connectivity index is 1.32. The molecule has 7 heteroatoms. The summed E-state index contributed by atoms with van der Waals surface area (Å²) < 4.78 is 5.71. The van der Waals surface area contributed by atoms with E-state index >= 15 is 0 Å². The summed E-state index contributed by atoms with van der Waals surface area (Å²) in [5.41, 5.74) is 9.77. The predicted molar refractivity (Wildman–Crippen MR) is 108 cm³/mol. The highest BCUT2D eigenvalue weighted by molar-refractivity contribution is 6.30. The fourth-order valence-electron chi connectivity index (χ4n) is 3.02. The Hall–Kier alpha value is -3.12. The van der Waals surface area contributed by atoms with Crippen LogP contribution in [0.3, 0.4) is 0 Å². The van der Waals surface area contributed by atoms with Gasteiger partial charge in [0, 0.05) is 41.9 Å². The Morgan fingerprint density at radius 2 is 2.04 bits per heavy atom. The molecular formula is C21H19ClN4O2. The average molecular weight is 395 g/mol. The summed E-state index contributed by atoms with van der Waals surface area (Å²) in [5, 5.41) is 4.89. The molecule has 1 aliphatic heterocycles. The van der Waals surface area contributed by atoms with E-state index in [1.165, 1.54) is 0 Å². The first-order valence-corrected chi connectivity index (χ1v) is 9.29. The summed E-state index contributed by atoms with van der Waals surface area (Å²) >= 11 is 5.98. The van der Waals surface area contributed by atoms with Gasteiger partial charge >= 0.3 is 0 Å². The molecule has 6 nitrogen and oxygen atoms in total. The van der Waals surface area contributed by atoms with Crippen molar-refractivity contribution in [3.63, 3.8) is 0 Å². The minimum absolute atomic E-state index is 0.183. The van der Waals surface area contributed by atoms with E-state index in [0.29, 0.717) is 36.2 Å². The second-order valence-corrected chi connectivity index (χ2v) is 6.97. The van der Waals surface area contributed by atoms with Gasteiger partial charge in [-0.25, -0.2) is 9.97 Å². The molecule has 0 aliphatic carbocycles. The molecule has 0 spiro atoms. The third-order valence-corrected chi connectivity index (χ3v) is 4.66. The number of nitrogen functional groups attached to an aromatic ring is 1. The maximum absolute atomic E-state index is 5.98. The van der Waals surface area contributed by atoms with Gasteiger partial charge in [-0.15, -0.1) is 0 Å². The normalized spacial score (nSPS) is 15.8. The van der Waals surface area contributed by atoms with Crippen LogP contribution >= 0.6 is 11.6 Å². The second kappa shape index (κ2) is 8.27. The van der Waals surface area contributed by atoms with Crippen molar-refractivity contribution in [2.24, 2.45) is 5.16 Å². The van der Waals surface area contributed by atoms with Crippen LogP contribution in [-0.2, 0) is 17.9 Å². The number of rotatable bonds is 6. The van der Waals surface area contributed by atoms with Gasteiger partial charge in [-0.05, 0) is 35.4 Å². The number of hydrogen-bond donors (Lipinski definition) is 1. The fraction of sp³-hybridized carbons (Fsp3) is 0.190. The zero-order valence-corrected chi connectivity index (χ0v) is 15.8. The largest absolute Gasteiger partial charge is 0.473 e. The SMILES string of the molecule is Nc1ncccc1C1CC(Cc2ccc(OCc3cccc(Cl)c3)nc2)=NO1. The quantitative estimate of drug-likeness (QED) is 0.672. The van der Waals surface area contributed by atoms with Gasteiger partial charge in [0.15, 0.2) is 6.10 Å². The summed E-state index contributed by atoms with van der Waals surface area (Å²) in [6.07, 6.45) is 4.62. The number of aromatic nitrogens is 2. The highest BCUT2D eigenvalue weighted by atomic mass is 35.5. The van der Waals surface area contributed by atoms with E-state index in [-0.39, 0.29) is 6.10 Å². The van der Waals surface area contributed by atoms with E-state index in [4.69, 9.17) is 26.9 Å². The lowest BCUT2D eigenvalue weighted by atomic mass is 10.0. The molecule has 1 aromatic carbocycles. The lowest BCUT2D eigenvalue weighted by Gasteiger charge is -2.10. The Bertz CT molecular complexity index is 992. The lowest BCUT2D eigenvalue weighted by Crippen LogP contribution is -2.06. The van der Waals surface area contributed by atoms with Gasteiger partial charge in [0.2, 0.25) is 5.88 Å². The summed E-state index contributed by atoms with van der Waals surface area (Å²) in [6, 6.07) is 15.2. The molecule has 3 heterocycles. The molecule has 4 rings (SSSR count). The van der Waals surface area contributed by atoms with Crippen LogP contribution in [0.15, 0.2) is 66.1 Å². The highest BCUT2D eigenvalue weighted by Crippen LogP contribution is 2.30. The van der Waals surface area contributed by atoms with Gasteiger partial charge in [0.05, 0.1) is 5.71 Å². The maximum atomic E-state index is 5.98. The van der Waals surface area contributed by atoms with Crippen molar-refractivity contribution >= 4 is 23.1 Å². The summed E-state index contributed by atoms with van der Waals surface area (Å²) in [5.74, 6) is 1.04. The number of pyridine rings is 2. The zero-order chi connectivity index (χ0) is 19.3. The van der Waals surface area contributed by atoms with Crippen molar-refractivity contribution in [1.82, 2.24) is 9.97 Å². The molecule has 142 valence electrons. The van der Waals surface area contributed by atoms with Gasteiger partial charge < -0.3 is 15.3 Å². The van der Waals surface area contributed by atoms with Crippen LogP contribution in [0.2, 0.25) is 5.02 Å². The van der Waals surface area contributed by atoms with E-state index in [9.17, 15) is 0 Å². The Labute approximate surface area is 168 Å². The number of ether oxygens (including phenoxy) is 1. The maximum Gasteiger partial charge on any atom is 0.213 e. The van der Waals surface area contributed by atoms with Crippen molar-refractivity contribution in [1.29, 1.82) is 0 Å². The van der Waals surface area contributed by atoms with E-state index in [1.54, 1.807) is 12.4 Å². The lowest BCUT2D eigenvalue weighted by molar-refractivity contribution is 0.0860. The van der Waals surface area contributed by atoms with Crippen molar-refractivity contribution in [3.05, 3.63) is 82.6 Å². The number of nitrogens with two attached hydrogens (primary N) is 1. The Morgan fingerprint density at radius 1 is 1.11 bits per heavy atom. The Morgan fingerprint density at radius 3 is 2.82 bits per heavy atom. The number of benzene rings is 1. The molecule has 28 heavy (non-hydrogen) atoms. The number of oxime groups is 1. The van der Waals surface area contributed by atoms with Gasteiger partial charge in [-0.1, -0.05) is 35.0 Å². The van der Waals surface area contributed by atoms with Crippen LogP contribution in [0, 0.1) is 0 Å². The van der Waals surface area contributed by atoms with Crippen molar-refractivity contribution in [2.75, 3.05) is 5.73 Å². The van der Waals surface area contributed by atoms with Crippen LogP contribution in [0.4, 0.5) is 5.82 Å². The molecule has 0 radical (unpaired) electrons. The summed E-state index contributed by atoms with van der Waals surface area (Å²) in [7, 11) is 0. The van der Waals surface area contributed by atoms with Gasteiger partial charge in [0.1, 0.15) is 12.4 Å². The molecular weight excluding hydrogens is 376 g/mol. The van der Waals surface area contributed by atoms with Crippen LogP contribution in [0.5, 0.6) is 5.88 Å². The van der Waals surface area contributed by atoms with Crippen molar-refractivity contribution < 1.29 is 9.57 Å². The topological polar surface area (TPSA) is 82.6 Å². The van der Waals surface area contributed by atoms with Crippen LogP contribution in [-0.4, -0.2) is 15.7 Å². The first-order chi connectivity index (χ1) is 13.7. The molecule has 2 aromatic heterocycles. The van der Waals surface area contributed by atoms with E-state index in [2.05, 4.69) is 15.1 Å². The summed E-state index contributed by atoms with van der Waals surface area (Å²) in [6.45, 7) is 0.418. The number of halogens is 1. The van der Waals surface area contributed by atoms with Crippen molar-refractivity contribution in [3.8, 4) is 5.88 Å². The third kappa shape index (κ3) is 4.40. The number of nitrogens with zero attached hydrogens (tertiary/aromatic N) is 3. The van der Waals surface area contributed by atoms with Crippen LogP contribution in [0.1, 0.15) is 29.2 Å². The monoisotopic (exact) mass is 394 g/mol. The molecule has 1 aliphatic rings. The molecule has 0 bridgehead atoms. The number of anilines is 1. The van der Waals surface area contributed by atoms with Gasteiger partial charge in [0.25, 0.3) is 0 Å². The molecule has 0 saturated heterocycles. The summed E-state index contributed by atoms with van der Waals surface area (Å²) in [4.78, 5) is 14.0. The van der Waals surface area contributed by atoms with Crippen LogP contribution in [0.25, 0.3) is 0 Å². The standard InChI is InChI=1S/C21H19ClN4O2/c22-16-4-1-3-15(9-16)13-27-20-7-6-14(12-25-20)10-17-11-19(28-26-17)18-5-2-8-24-21(18)23/h1-9,12,19H,10-11,13H2,(H2,23,24). The second-order valence-electron chi connectivity index (χ2n) is 6.53. The van der Waals surface area contributed by atoms with E-state index in [1.807, 2.05) is 48.5 Å². The third-order valence-electron chi connectivity index (χ3n) is 4.43. The predicted octanol–water partition coefficient (Wildman–Crippen LogP) is 4.35. The first kappa shape index (κ1) is 18.3. The molecule has 2 N–H and O–H groups in total. The van der Waals surface area contributed by atoms with Gasteiger partial charge in [-0.3, -0.25) is 0 Å². The van der Waals surface area contributed by atoms with Gasteiger partial charge in [-0.2, -0.15) is 0 Å². The average Bonchev–Trinajstić information content (AvgIpc) is 3.16. The zero-order valence-electron chi connectivity index (χ0n) is 15.1. The minimum atomic E-state index is -0.183. The molecule has 0 saturated carbocycles. The Kier molecular flexibility index (Phi) is 5.39. The minimum Gasteiger partial charge on any atom is -0.473 e. The molecule has 0 fully saturated rings. The highest BCUT2D eigenvalue weighted by Gasteiger charge is 2.25. The van der Waals surface area contributed by atoms with Crippen molar-refractivity contribution in [2.45, 2.75) is 25.6 Å². The molecule has 1 unspecified atom stereocenters. The van der Waals surface area contributed by atoms with E-state index < -0.39 is 0 Å². The molecule has 3 aromatic rings. The van der Waals surface area contributed by atoms with Crippen LogP contribution < -0.4 is 10.5 Å². The first-order valence-electron chi connectivity index (χ1n) is 8.91. The fourth-order valence-corrected chi connectivity index (χ4v) is 3.23. The molecule has 1 atom stereocenters. The number of hydrogen-bond acceptors (Lipinski definition) is 6.